The van der Waals surface area contributed by atoms with Crippen LogP contribution in [-0.2, 0) is 26.0 Å². The van der Waals surface area contributed by atoms with Crippen molar-refractivity contribution in [1.82, 2.24) is 0 Å². The first kappa shape index (κ1) is 13.3. The molecule has 0 spiro atoms. The molecule has 0 fully saturated rings. The van der Waals surface area contributed by atoms with E-state index >= 15 is 0 Å². The van der Waals surface area contributed by atoms with E-state index in [0.29, 0.717) is 13.2 Å². The van der Waals surface area contributed by atoms with Crippen molar-refractivity contribution >= 4 is 0 Å². The molecule has 0 radical (unpaired) electrons. The molecule has 0 atom stereocenters. The molecule has 106 valence electrons. The SMILES string of the molecule is Cc1oc(COc2ccc3c(c2)CCCC3)cc1CN. The van der Waals surface area contributed by atoms with Gasteiger partial charge in [-0.05, 0) is 61.9 Å². The van der Waals surface area contributed by atoms with Gasteiger partial charge in [0, 0.05) is 12.1 Å². The second-order valence-corrected chi connectivity index (χ2v) is 5.42. The van der Waals surface area contributed by atoms with Crippen LogP contribution in [0.15, 0.2) is 28.7 Å². The Morgan fingerprint density at radius 3 is 2.70 bits per heavy atom. The molecule has 0 amide bonds. The lowest BCUT2D eigenvalue weighted by Gasteiger charge is -2.16. The van der Waals surface area contributed by atoms with Crippen LogP contribution in [0.1, 0.15) is 41.1 Å². The van der Waals surface area contributed by atoms with Crippen LogP contribution in [0.25, 0.3) is 0 Å². The number of furan rings is 1. The predicted octanol–water partition coefficient (Wildman–Crippen LogP) is 3.50. The molecule has 1 aromatic heterocycles. The minimum absolute atomic E-state index is 0.458. The zero-order valence-corrected chi connectivity index (χ0v) is 11.9. The molecule has 0 saturated heterocycles. The molecule has 3 heteroatoms. The summed E-state index contributed by atoms with van der Waals surface area (Å²) in [5.41, 5.74) is 9.61. The monoisotopic (exact) mass is 271 g/mol. The lowest BCUT2D eigenvalue weighted by atomic mass is 9.92. The van der Waals surface area contributed by atoms with E-state index in [1.165, 1.54) is 36.8 Å². The van der Waals surface area contributed by atoms with Gasteiger partial charge in [0.15, 0.2) is 0 Å². The van der Waals surface area contributed by atoms with Gasteiger partial charge in [0.2, 0.25) is 0 Å². The minimum Gasteiger partial charge on any atom is -0.486 e. The van der Waals surface area contributed by atoms with Crippen LogP contribution >= 0.6 is 0 Å². The normalized spacial score (nSPS) is 14.1. The van der Waals surface area contributed by atoms with Gasteiger partial charge < -0.3 is 14.9 Å². The fourth-order valence-corrected chi connectivity index (χ4v) is 2.82. The Morgan fingerprint density at radius 1 is 1.15 bits per heavy atom. The zero-order valence-electron chi connectivity index (χ0n) is 11.9. The largest absolute Gasteiger partial charge is 0.486 e. The summed E-state index contributed by atoms with van der Waals surface area (Å²) in [7, 11) is 0. The van der Waals surface area contributed by atoms with E-state index in [-0.39, 0.29) is 0 Å². The summed E-state index contributed by atoms with van der Waals surface area (Å²) in [4.78, 5) is 0. The fourth-order valence-electron chi connectivity index (χ4n) is 2.82. The Bertz CT molecular complexity index is 601. The third-order valence-corrected chi connectivity index (χ3v) is 3.99. The van der Waals surface area contributed by atoms with Crippen LogP contribution in [0.3, 0.4) is 0 Å². The summed E-state index contributed by atoms with van der Waals surface area (Å²) in [5.74, 6) is 2.64. The molecule has 2 N–H and O–H groups in total. The van der Waals surface area contributed by atoms with Crippen LogP contribution in [0.5, 0.6) is 5.75 Å². The Balaban J connectivity index is 1.68. The molecule has 0 unspecified atom stereocenters. The summed E-state index contributed by atoms with van der Waals surface area (Å²) < 4.78 is 11.5. The molecular weight excluding hydrogens is 250 g/mol. The minimum atomic E-state index is 0.458. The topological polar surface area (TPSA) is 48.4 Å². The number of hydrogen-bond acceptors (Lipinski definition) is 3. The van der Waals surface area contributed by atoms with Gasteiger partial charge in [0.1, 0.15) is 23.9 Å². The van der Waals surface area contributed by atoms with E-state index in [9.17, 15) is 0 Å². The van der Waals surface area contributed by atoms with Gasteiger partial charge in [0.05, 0.1) is 0 Å². The van der Waals surface area contributed by atoms with Crippen molar-refractivity contribution in [2.24, 2.45) is 5.73 Å². The molecule has 1 heterocycles. The molecule has 20 heavy (non-hydrogen) atoms. The number of aryl methyl sites for hydroxylation is 3. The highest BCUT2D eigenvalue weighted by Crippen LogP contribution is 2.26. The Kier molecular flexibility index (Phi) is 3.79. The molecule has 0 aliphatic heterocycles. The second-order valence-electron chi connectivity index (χ2n) is 5.42. The third kappa shape index (κ3) is 2.73. The highest BCUT2D eigenvalue weighted by molar-refractivity contribution is 5.37. The molecule has 1 aliphatic rings. The van der Waals surface area contributed by atoms with Gasteiger partial charge in [-0.1, -0.05) is 6.07 Å². The maximum atomic E-state index is 5.84. The Labute approximate surface area is 119 Å². The summed E-state index contributed by atoms with van der Waals surface area (Å²) >= 11 is 0. The fraction of sp³-hybridized carbons (Fsp3) is 0.412. The molecule has 2 aromatic rings. The van der Waals surface area contributed by atoms with Crippen LogP contribution < -0.4 is 10.5 Å². The van der Waals surface area contributed by atoms with Crippen molar-refractivity contribution < 1.29 is 9.15 Å². The van der Waals surface area contributed by atoms with Gasteiger partial charge in [-0.25, -0.2) is 0 Å². The molecule has 0 saturated carbocycles. The van der Waals surface area contributed by atoms with E-state index < -0.39 is 0 Å². The maximum absolute atomic E-state index is 5.84. The number of fused-ring (bicyclic) bond motifs is 1. The summed E-state index contributed by atoms with van der Waals surface area (Å²) in [6.07, 6.45) is 4.96. The van der Waals surface area contributed by atoms with E-state index in [1.54, 1.807) is 0 Å². The van der Waals surface area contributed by atoms with Gasteiger partial charge in [-0.2, -0.15) is 0 Å². The Hall–Kier alpha value is -1.74. The van der Waals surface area contributed by atoms with Gasteiger partial charge in [-0.3, -0.25) is 0 Å². The Morgan fingerprint density at radius 2 is 1.95 bits per heavy atom. The molecule has 3 nitrogen and oxygen atoms in total. The highest BCUT2D eigenvalue weighted by Gasteiger charge is 2.11. The molecule has 1 aromatic carbocycles. The molecular formula is C17H21NO2. The highest BCUT2D eigenvalue weighted by atomic mass is 16.5. The lowest BCUT2D eigenvalue weighted by Crippen LogP contribution is -2.03. The van der Waals surface area contributed by atoms with E-state index in [2.05, 4.69) is 18.2 Å². The van der Waals surface area contributed by atoms with E-state index in [0.717, 1.165) is 22.8 Å². The van der Waals surface area contributed by atoms with E-state index in [1.807, 2.05) is 13.0 Å². The summed E-state index contributed by atoms with van der Waals surface area (Å²) in [6, 6.07) is 8.41. The number of nitrogens with two attached hydrogens (primary N) is 1. The standard InChI is InChI=1S/C17H21NO2/c1-12-15(10-18)9-17(20-12)11-19-16-7-6-13-4-2-3-5-14(13)8-16/h6-9H,2-5,10-11,18H2,1H3. The first-order chi connectivity index (χ1) is 9.76. The quantitative estimate of drug-likeness (QED) is 0.925. The van der Waals surface area contributed by atoms with Crippen molar-refractivity contribution in [3.05, 3.63) is 52.5 Å². The zero-order chi connectivity index (χ0) is 13.9. The number of benzene rings is 1. The number of rotatable bonds is 4. The average Bonchev–Trinajstić information content (AvgIpc) is 2.85. The van der Waals surface area contributed by atoms with Gasteiger partial charge in [-0.15, -0.1) is 0 Å². The van der Waals surface area contributed by atoms with Crippen LogP contribution in [0.4, 0.5) is 0 Å². The summed E-state index contributed by atoms with van der Waals surface area (Å²) in [5, 5.41) is 0. The lowest BCUT2D eigenvalue weighted by molar-refractivity contribution is 0.267. The predicted molar refractivity (Wildman–Crippen MR) is 78.8 cm³/mol. The van der Waals surface area contributed by atoms with Crippen molar-refractivity contribution in [3.63, 3.8) is 0 Å². The molecule has 1 aliphatic carbocycles. The first-order valence-electron chi connectivity index (χ1n) is 7.29. The van der Waals surface area contributed by atoms with Gasteiger partial charge >= 0.3 is 0 Å². The van der Waals surface area contributed by atoms with Crippen LogP contribution in [0, 0.1) is 6.92 Å². The van der Waals surface area contributed by atoms with Gasteiger partial charge in [0.25, 0.3) is 0 Å². The number of ether oxygens (including phenoxy) is 1. The van der Waals surface area contributed by atoms with Crippen molar-refractivity contribution in [3.8, 4) is 5.75 Å². The van der Waals surface area contributed by atoms with Crippen molar-refractivity contribution in [1.29, 1.82) is 0 Å². The molecule has 3 rings (SSSR count). The smallest absolute Gasteiger partial charge is 0.146 e. The van der Waals surface area contributed by atoms with Crippen molar-refractivity contribution in [2.45, 2.75) is 45.8 Å². The van der Waals surface area contributed by atoms with E-state index in [4.69, 9.17) is 14.9 Å². The first-order valence-corrected chi connectivity index (χ1v) is 7.29. The van der Waals surface area contributed by atoms with Crippen LogP contribution in [0.2, 0.25) is 0 Å². The third-order valence-electron chi connectivity index (χ3n) is 3.99. The summed E-state index contributed by atoms with van der Waals surface area (Å²) in [6.45, 7) is 2.90. The van der Waals surface area contributed by atoms with Crippen molar-refractivity contribution in [2.75, 3.05) is 0 Å². The van der Waals surface area contributed by atoms with Crippen LogP contribution in [-0.4, -0.2) is 0 Å². The molecule has 0 bridgehead atoms. The maximum Gasteiger partial charge on any atom is 0.146 e. The average molecular weight is 271 g/mol. The second kappa shape index (κ2) is 5.71. The number of hydrogen-bond donors (Lipinski definition) is 1.